The van der Waals surface area contributed by atoms with Crippen molar-refractivity contribution in [2.75, 3.05) is 26.8 Å². The molecular formula is C15H19NO5. The van der Waals surface area contributed by atoms with Gasteiger partial charge >= 0.3 is 5.97 Å². The molecule has 114 valence electrons. The first-order valence-electron chi connectivity index (χ1n) is 6.80. The van der Waals surface area contributed by atoms with Gasteiger partial charge in [0.2, 0.25) is 5.91 Å². The van der Waals surface area contributed by atoms with Crippen molar-refractivity contribution in [2.24, 2.45) is 0 Å². The molecule has 2 atom stereocenters. The summed E-state index contributed by atoms with van der Waals surface area (Å²) in [6.45, 7) is 2.57. The maximum atomic E-state index is 12.5. The molecule has 1 aliphatic heterocycles. The van der Waals surface area contributed by atoms with E-state index >= 15 is 0 Å². The standard InChI is InChI=1S/C15H19NO5/c1-10(11-3-5-12(20-2)6-4-11)14(17)16-7-8-21-13(9-16)15(18)19/h3-6,10,13H,7-9H2,1-2H3,(H,18,19)/t10-,13-/m0/s1. The Morgan fingerprint density at radius 3 is 2.62 bits per heavy atom. The number of aliphatic carboxylic acids is 1. The number of carboxylic acids is 1. The monoisotopic (exact) mass is 293 g/mol. The third kappa shape index (κ3) is 3.52. The van der Waals surface area contributed by atoms with Gasteiger partial charge in [-0.2, -0.15) is 0 Å². The van der Waals surface area contributed by atoms with Crippen molar-refractivity contribution in [2.45, 2.75) is 18.9 Å². The molecule has 0 unspecified atom stereocenters. The summed E-state index contributed by atoms with van der Waals surface area (Å²) < 4.78 is 10.2. The van der Waals surface area contributed by atoms with Crippen LogP contribution in [0.3, 0.4) is 0 Å². The lowest BCUT2D eigenvalue weighted by Gasteiger charge is -2.32. The van der Waals surface area contributed by atoms with Crippen LogP contribution in [0.4, 0.5) is 0 Å². The van der Waals surface area contributed by atoms with Gasteiger partial charge in [0, 0.05) is 6.54 Å². The molecule has 0 saturated carbocycles. The first-order valence-corrected chi connectivity index (χ1v) is 6.80. The maximum Gasteiger partial charge on any atom is 0.334 e. The summed E-state index contributed by atoms with van der Waals surface area (Å²) in [5.41, 5.74) is 0.874. The minimum Gasteiger partial charge on any atom is -0.497 e. The van der Waals surface area contributed by atoms with Crippen LogP contribution < -0.4 is 4.74 Å². The van der Waals surface area contributed by atoms with Gasteiger partial charge in [-0.05, 0) is 24.6 Å². The Hall–Kier alpha value is -2.08. The minimum atomic E-state index is -1.04. The molecule has 0 spiro atoms. The molecule has 1 aromatic rings. The number of hydrogen-bond donors (Lipinski definition) is 1. The molecule has 0 radical (unpaired) electrons. The summed E-state index contributed by atoms with van der Waals surface area (Å²) in [6.07, 6.45) is -0.939. The fourth-order valence-corrected chi connectivity index (χ4v) is 2.31. The van der Waals surface area contributed by atoms with E-state index in [1.54, 1.807) is 24.1 Å². The lowest BCUT2D eigenvalue weighted by Crippen LogP contribution is -2.49. The molecule has 1 amide bonds. The van der Waals surface area contributed by atoms with Crippen molar-refractivity contribution in [3.05, 3.63) is 29.8 Å². The second-order valence-corrected chi connectivity index (χ2v) is 4.98. The number of rotatable bonds is 4. The summed E-state index contributed by atoms with van der Waals surface area (Å²) in [5, 5.41) is 8.97. The lowest BCUT2D eigenvalue weighted by atomic mass is 9.99. The molecule has 1 fully saturated rings. The number of morpholine rings is 1. The molecule has 1 saturated heterocycles. The number of hydrogen-bond acceptors (Lipinski definition) is 4. The molecule has 1 aromatic carbocycles. The van der Waals surface area contributed by atoms with Crippen LogP contribution in [-0.2, 0) is 14.3 Å². The van der Waals surface area contributed by atoms with Crippen molar-refractivity contribution in [1.82, 2.24) is 4.90 Å². The normalized spacial score (nSPS) is 19.9. The summed E-state index contributed by atoms with van der Waals surface area (Å²) in [5.74, 6) is -0.724. The highest BCUT2D eigenvalue weighted by Gasteiger charge is 2.31. The molecule has 6 nitrogen and oxygen atoms in total. The second kappa shape index (κ2) is 6.58. The van der Waals surface area contributed by atoms with Crippen LogP contribution in [0.2, 0.25) is 0 Å². The summed E-state index contributed by atoms with van der Waals surface area (Å²) >= 11 is 0. The number of carbonyl (C=O) groups is 2. The zero-order valence-corrected chi connectivity index (χ0v) is 12.1. The van der Waals surface area contributed by atoms with E-state index in [0.29, 0.717) is 6.54 Å². The highest BCUT2D eigenvalue weighted by Crippen LogP contribution is 2.22. The van der Waals surface area contributed by atoms with Crippen molar-refractivity contribution in [3.63, 3.8) is 0 Å². The number of nitrogens with zero attached hydrogens (tertiary/aromatic N) is 1. The minimum absolute atomic E-state index is 0.0882. The number of methoxy groups -OCH3 is 1. The van der Waals surface area contributed by atoms with E-state index in [1.165, 1.54) is 0 Å². The van der Waals surface area contributed by atoms with Gasteiger partial charge in [0.1, 0.15) is 5.75 Å². The molecule has 0 aliphatic carbocycles. The van der Waals surface area contributed by atoms with E-state index in [1.807, 2.05) is 19.1 Å². The van der Waals surface area contributed by atoms with Gasteiger partial charge < -0.3 is 19.5 Å². The largest absolute Gasteiger partial charge is 0.497 e. The number of carboxylic acid groups (broad SMARTS) is 1. The van der Waals surface area contributed by atoms with E-state index in [9.17, 15) is 9.59 Å². The summed E-state index contributed by atoms with van der Waals surface area (Å²) in [4.78, 5) is 25.0. The molecule has 1 heterocycles. The molecule has 2 rings (SSSR count). The SMILES string of the molecule is COc1ccc([C@H](C)C(=O)N2CCO[C@H](C(=O)O)C2)cc1. The average Bonchev–Trinajstić information content (AvgIpc) is 2.53. The zero-order chi connectivity index (χ0) is 15.4. The smallest absolute Gasteiger partial charge is 0.334 e. The third-order valence-corrected chi connectivity index (χ3v) is 3.64. The van der Waals surface area contributed by atoms with Gasteiger partial charge in [0.05, 0.1) is 26.2 Å². The Balaban J connectivity index is 2.05. The third-order valence-electron chi connectivity index (χ3n) is 3.64. The van der Waals surface area contributed by atoms with Gasteiger partial charge in [-0.3, -0.25) is 4.79 Å². The Morgan fingerprint density at radius 1 is 1.38 bits per heavy atom. The fourth-order valence-electron chi connectivity index (χ4n) is 2.31. The van der Waals surface area contributed by atoms with E-state index < -0.39 is 12.1 Å². The summed E-state index contributed by atoms with van der Waals surface area (Å²) in [6, 6.07) is 7.30. The Bertz CT molecular complexity index is 513. The molecule has 1 N–H and O–H groups in total. The number of amides is 1. The van der Waals surface area contributed by atoms with Crippen LogP contribution in [0.25, 0.3) is 0 Å². The van der Waals surface area contributed by atoms with Crippen LogP contribution in [0.15, 0.2) is 24.3 Å². The lowest BCUT2D eigenvalue weighted by molar-refractivity contribution is -0.159. The quantitative estimate of drug-likeness (QED) is 0.900. The predicted octanol–water partition coefficient (Wildman–Crippen LogP) is 1.11. The molecule has 0 aromatic heterocycles. The van der Waals surface area contributed by atoms with E-state index in [4.69, 9.17) is 14.6 Å². The van der Waals surface area contributed by atoms with Crippen LogP contribution in [0.1, 0.15) is 18.4 Å². The maximum absolute atomic E-state index is 12.5. The molecule has 0 bridgehead atoms. The highest BCUT2D eigenvalue weighted by atomic mass is 16.5. The Morgan fingerprint density at radius 2 is 2.05 bits per heavy atom. The first-order chi connectivity index (χ1) is 10.0. The van der Waals surface area contributed by atoms with Gasteiger partial charge in [-0.25, -0.2) is 4.79 Å². The highest BCUT2D eigenvalue weighted by molar-refractivity contribution is 5.84. The van der Waals surface area contributed by atoms with Gasteiger partial charge in [0.25, 0.3) is 0 Å². The predicted molar refractivity (Wildman–Crippen MR) is 75.4 cm³/mol. The number of carbonyl (C=O) groups excluding carboxylic acids is 1. The van der Waals surface area contributed by atoms with Gasteiger partial charge in [-0.15, -0.1) is 0 Å². The van der Waals surface area contributed by atoms with Crippen LogP contribution in [0.5, 0.6) is 5.75 Å². The second-order valence-electron chi connectivity index (χ2n) is 4.98. The Labute approximate surface area is 123 Å². The topological polar surface area (TPSA) is 76.1 Å². The van der Waals surface area contributed by atoms with Crippen molar-refractivity contribution in [3.8, 4) is 5.75 Å². The fraction of sp³-hybridized carbons (Fsp3) is 0.467. The van der Waals surface area contributed by atoms with E-state index in [0.717, 1.165) is 11.3 Å². The average molecular weight is 293 g/mol. The van der Waals surface area contributed by atoms with Crippen molar-refractivity contribution in [1.29, 1.82) is 0 Å². The molecule has 6 heteroatoms. The van der Waals surface area contributed by atoms with E-state index in [2.05, 4.69) is 0 Å². The van der Waals surface area contributed by atoms with Gasteiger partial charge in [-0.1, -0.05) is 12.1 Å². The van der Waals surface area contributed by atoms with Crippen LogP contribution >= 0.6 is 0 Å². The molecule has 21 heavy (non-hydrogen) atoms. The van der Waals surface area contributed by atoms with Crippen molar-refractivity contribution >= 4 is 11.9 Å². The molecule has 1 aliphatic rings. The van der Waals surface area contributed by atoms with Crippen LogP contribution in [0, 0.1) is 0 Å². The first kappa shape index (κ1) is 15.3. The zero-order valence-electron chi connectivity index (χ0n) is 12.1. The molecular weight excluding hydrogens is 274 g/mol. The summed E-state index contributed by atoms with van der Waals surface area (Å²) in [7, 11) is 1.59. The van der Waals surface area contributed by atoms with Gasteiger partial charge in [0.15, 0.2) is 6.10 Å². The van der Waals surface area contributed by atoms with Crippen LogP contribution in [-0.4, -0.2) is 54.8 Å². The van der Waals surface area contributed by atoms with Crippen molar-refractivity contribution < 1.29 is 24.2 Å². The Kier molecular flexibility index (Phi) is 4.80. The number of ether oxygens (including phenoxy) is 2. The van der Waals surface area contributed by atoms with E-state index in [-0.39, 0.29) is 25.0 Å². The number of benzene rings is 1.